The number of halogens is 1. The fraction of sp³-hybridized carbons (Fsp3) is 0.190. The molecule has 2 aromatic carbocycles. The molecule has 0 bridgehead atoms. The van der Waals surface area contributed by atoms with Crippen molar-refractivity contribution in [1.29, 1.82) is 0 Å². The molecule has 0 aliphatic carbocycles. The average Bonchev–Trinajstić information content (AvgIpc) is 2.94. The van der Waals surface area contributed by atoms with Crippen molar-refractivity contribution in [2.24, 2.45) is 5.73 Å². The number of aryl methyl sites for hydroxylation is 1. The van der Waals surface area contributed by atoms with Crippen molar-refractivity contribution in [3.8, 4) is 5.69 Å². The lowest BCUT2D eigenvalue weighted by Gasteiger charge is -2.11. The first-order valence-corrected chi connectivity index (χ1v) is 8.78. The Hall–Kier alpha value is -3.48. The van der Waals surface area contributed by atoms with Crippen LogP contribution in [0, 0.1) is 26.6 Å². The van der Waals surface area contributed by atoms with Gasteiger partial charge in [0, 0.05) is 28.1 Å². The van der Waals surface area contributed by atoms with E-state index in [1.54, 1.807) is 4.68 Å². The molecule has 28 heavy (non-hydrogen) atoms. The first kappa shape index (κ1) is 19.3. The lowest BCUT2D eigenvalue weighted by atomic mass is 10.1. The standard InChI is InChI=1S/C21H21FN4O2/c1-12-18(22)9-15(21(23)28)10-19(12)24-20(27)11-17-13(2)25-26(14(17)3)16-7-5-4-6-8-16/h4-10H,11H2,1-3H3,(H2,23,28)(H,24,27). The Morgan fingerprint density at radius 3 is 2.46 bits per heavy atom. The average molecular weight is 380 g/mol. The normalized spacial score (nSPS) is 10.7. The lowest BCUT2D eigenvalue weighted by molar-refractivity contribution is -0.115. The molecule has 1 heterocycles. The molecule has 0 saturated carbocycles. The number of carbonyl (C=O) groups is 2. The molecule has 2 amide bonds. The minimum absolute atomic E-state index is 0.00246. The van der Waals surface area contributed by atoms with Gasteiger partial charge in [0.25, 0.3) is 0 Å². The SMILES string of the molecule is Cc1nn(-c2ccccc2)c(C)c1CC(=O)Nc1cc(C(N)=O)cc(F)c1C. The molecule has 3 rings (SSSR count). The summed E-state index contributed by atoms with van der Waals surface area (Å²) < 4.78 is 15.8. The second-order valence-electron chi connectivity index (χ2n) is 6.62. The largest absolute Gasteiger partial charge is 0.366 e. The van der Waals surface area contributed by atoms with E-state index in [0.29, 0.717) is 0 Å². The van der Waals surface area contributed by atoms with Crippen LogP contribution in [0.2, 0.25) is 0 Å². The van der Waals surface area contributed by atoms with Crippen LogP contribution in [0.3, 0.4) is 0 Å². The molecular weight excluding hydrogens is 359 g/mol. The molecule has 6 nitrogen and oxygen atoms in total. The van der Waals surface area contributed by atoms with Gasteiger partial charge in [0.2, 0.25) is 11.8 Å². The van der Waals surface area contributed by atoms with Crippen LogP contribution >= 0.6 is 0 Å². The number of para-hydroxylation sites is 1. The quantitative estimate of drug-likeness (QED) is 0.712. The van der Waals surface area contributed by atoms with E-state index in [9.17, 15) is 14.0 Å². The fourth-order valence-electron chi connectivity index (χ4n) is 3.06. The molecule has 0 aliphatic rings. The van der Waals surface area contributed by atoms with E-state index in [4.69, 9.17) is 5.73 Å². The molecule has 0 spiro atoms. The maximum atomic E-state index is 14.0. The van der Waals surface area contributed by atoms with E-state index in [0.717, 1.165) is 28.7 Å². The number of nitrogens with two attached hydrogens (primary N) is 1. The van der Waals surface area contributed by atoms with Crippen LogP contribution < -0.4 is 11.1 Å². The molecule has 0 radical (unpaired) electrons. The summed E-state index contributed by atoms with van der Waals surface area (Å²) in [5, 5.41) is 7.20. The third-order valence-electron chi connectivity index (χ3n) is 4.68. The van der Waals surface area contributed by atoms with E-state index in [1.165, 1.54) is 13.0 Å². The number of aromatic nitrogens is 2. The molecule has 0 aliphatic heterocycles. The van der Waals surface area contributed by atoms with Gasteiger partial charge in [-0.1, -0.05) is 18.2 Å². The molecule has 7 heteroatoms. The van der Waals surface area contributed by atoms with Gasteiger partial charge in [0.1, 0.15) is 5.82 Å². The van der Waals surface area contributed by atoms with Gasteiger partial charge in [-0.2, -0.15) is 5.10 Å². The van der Waals surface area contributed by atoms with Crippen molar-refractivity contribution in [1.82, 2.24) is 9.78 Å². The Kier molecular flexibility index (Phi) is 5.26. The zero-order valence-corrected chi connectivity index (χ0v) is 15.9. The predicted molar refractivity (Wildman–Crippen MR) is 105 cm³/mol. The van der Waals surface area contributed by atoms with Crippen molar-refractivity contribution in [3.05, 3.63) is 76.4 Å². The second-order valence-corrected chi connectivity index (χ2v) is 6.62. The highest BCUT2D eigenvalue weighted by Gasteiger charge is 2.18. The van der Waals surface area contributed by atoms with E-state index < -0.39 is 11.7 Å². The third-order valence-corrected chi connectivity index (χ3v) is 4.68. The van der Waals surface area contributed by atoms with Crippen LogP contribution in [0.4, 0.5) is 10.1 Å². The van der Waals surface area contributed by atoms with Gasteiger partial charge in [0.05, 0.1) is 17.8 Å². The Bertz CT molecular complexity index is 1060. The van der Waals surface area contributed by atoms with Crippen molar-refractivity contribution in [2.45, 2.75) is 27.2 Å². The number of anilines is 1. The van der Waals surface area contributed by atoms with Gasteiger partial charge >= 0.3 is 0 Å². The molecule has 1 aromatic heterocycles. The van der Waals surface area contributed by atoms with Crippen molar-refractivity contribution >= 4 is 17.5 Å². The maximum absolute atomic E-state index is 14.0. The molecular formula is C21H21FN4O2. The van der Waals surface area contributed by atoms with Gasteiger partial charge in [-0.3, -0.25) is 9.59 Å². The van der Waals surface area contributed by atoms with Crippen LogP contribution in [0.5, 0.6) is 0 Å². The monoisotopic (exact) mass is 380 g/mol. The molecule has 0 unspecified atom stereocenters. The number of benzene rings is 2. The highest BCUT2D eigenvalue weighted by Crippen LogP contribution is 2.22. The van der Waals surface area contributed by atoms with Crippen LogP contribution in [0.25, 0.3) is 5.69 Å². The summed E-state index contributed by atoms with van der Waals surface area (Å²) in [4.78, 5) is 23.9. The third kappa shape index (κ3) is 3.78. The van der Waals surface area contributed by atoms with E-state index in [2.05, 4.69) is 10.4 Å². The van der Waals surface area contributed by atoms with Crippen LogP contribution in [-0.2, 0) is 11.2 Å². The van der Waals surface area contributed by atoms with Gasteiger partial charge in [0.15, 0.2) is 0 Å². The van der Waals surface area contributed by atoms with Crippen LogP contribution in [-0.4, -0.2) is 21.6 Å². The maximum Gasteiger partial charge on any atom is 0.248 e. The van der Waals surface area contributed by atoms with Gasteiger partial charge < -0.3 is 11.1 Å². The predicted octanol–water partition coefficient (Wildman–Crippen LogP) is 3.22. The number of hydrogen-bond acceptors (Lipinski definition) is 3. The van der Waals surface area contributed by atoms with Gasteiger partial charge in [-0.15, -0.1) is 0 Å². The second kappa shape index (κ2) is 7.64. The molecule has 3 aromatic rings. The number of carbonyl (C=O) groups excluding carboxylic acids is 2. The molecule has 0 atom stereocenters. The minimum Gasteiger partial charge on any atom is -0.366 e. The number of primary amides is 1. The van der Waals surface area contributed by atoms with E-state index >= 15 is 0 Å². The van der Waals surface area contributed by atoms with Gasteiger partial charge in [-0.25, -0.2) is 9.07 Å². The van der Waals surface area contributed by atoms with Crippen LogP contribution in [0.1, 0.15) is 32.9 Å². The van der Waals surface area contributed by atoms with Crippen molar-refractivity contribution < 1.29 is 14.0 Å². The summed E-state index contributed by atoms with van der Waals surface area (Å²) in [6.07, 6.45) is 0.0758. The van der Waals surface area contributed by atoms with Crippen molar-refractivity contribution in [3.63, 3.8) is 0 Å². The van der Waals surface area contributed by atoms with E-state index in [-0.39, 0.29) is 29.1 Å². The number of nitrogens with zero attached hydrogens (tertiary/aromatic N) is 2. The first-order valence-electron chi connectivity index (χ1n) is 8.78. The Morgan fingerprint density at radius 1 is 1.14 bits per heavy atom. The summed E-state index contributed by atoms with van der Waals surface area (Å²) in [5.41, 5.74) is 8.99. The van der Waals surface area contributed by atoms with E-state index in [1.807, 2.05) is 44.2 Å². The molecule has 0 saturated heterocycles. The summed E-state index contributed by atoms with van der Waals surface area (Å²) in [5.74, 6) is -1.69. The zero-order valence-electron chi connectivity index (χ0n) is 15.9. The molecule has 3 N–H and O–H groups in total. The Balaban J connectivity index is 1.85. The van der Waals surface area contributed by atoms with Gasteiger partial charge in [-0.05, 0) is 45.0 Å². The highest BCUT2D eigenvalue weighted by atomic mass is 19.1. The first-order chi connectivity index (χ1) is 13.3. The number of rotatable bonds is 5. The van der Waals surface area contributed by atoms with Crippen LogP contribution in [0.15, 0.2) is 42.5 Å². The smallest absolute Gasteiger partial charge is 0.248 e. The summed E-state index contributed by atoms with van der Waals surface area (Å²) in [6.45, 7) is 5.27. The fourth-order valence-corrected chi connectivity index (χ4v) is 3.06. The summed E-state index contributed by atoms with van der Waals surface area (Å²) in [7, 11) is 0. The summed E-state index contributed by atoms with van der Waals surface area (Å²) in [6, 6.07) is 12.1. The van der Waals surface area contributed by atoms with Crippen molar-refractivity contribution in [2.75, 3.05) is 5.32 Å². The molecule has 0 fully saturated rings. The zero-order chi connectivity index (χ0) is 20.4. The minimum atomic E-state index is -0.759. The lowest BCUT2D eigenvalue weighted by Crippen LogP contribution is -2.18. The molecule has 144 valence electrons. The Labute approximate surface area is 162 Å². The summed E-state index contributed by atoms with van der Waals surface area (Å²) >= 11 is 0. The number of nitrogens with one attached hydrogen (secondary N) is 1. The number of hydrogen-bond donors (Lipinski definition) is 2. The Morgan fingerprint density at radius 2 is 1.82 bits per heavy atom. The highest BCUT2D eigenvalue weighted by molar-refractivity contribution is 5.97. The topological polar surface area (TPSA) is 90.0 Å². The number of amides is 2.